The topological polar surface area (TPSA) is 127 Å². The van der Waals surface area contributed by atoms with E-state index in [1.54, 1.807) is 18.2 Å². The molecule has 11 nitrogen and oxygen atoms in total. The van der Waals surface area contributed by atoms with Crippen LogP contribution in [0.3, 0.4) is 0 Å². The van der Waals surface area contributed by atoms with Crippen LogP contribution < -0.4 is 21.0 Å². The van der Waals surface area contributed by atoms with Crippen LogP contribution in [-0.4, -0.2) is 78.8 Å². The molecule has 200 valence electrons. The Balaban J connectivity index is 1.40. The van der Waals surface area contributed by atoms with E-state index in [-0.39, 0.29) is 11.8 Å². The van der Waals surface area contributed by atoms with Crippen molar-refractivity contribution >= 4 is 29.3 Å². The maximum Gasteiger partial charge on any atom is 0.410 e. The van der Waals surface area contributed by atoms with Gasteiger partial charge in [-0.3, -0.25) is 4.79 Å². The molecular formula is C26H38N7O4+. The van der Waals surface area contributed by atoms with Crippen molar-refractivity contribution in [2.75, 3.05) is 56.6 Å². The van der Waals surface area contributed by atoms with Crippen LogP contribution in [0.4, 0.5) is 22.1 Å². The second kappa shape index (κ2) is 11.3. The number of nitrogens with two attached hydrogens (primary N) is 1. The average Bonchev–Trinajstić information content (AvgIpc) is 2.88. The van der Waals surface area contributed by atoms with E-state index in [1.165, 1.54) is 5.56 Å². The van der Waals surface area contributed by atoms with E-state index >= 15 is 0 Å². The molecular weight excluding hydrogens is 474 g/mol. The fourth-order valence-corrected chi connectivity index (χ4v) is 4.69. The van der Waals surface area contributed by atoms with Crippen molar-refractivity contribution in [1.29, 1.82) is 0 Å². The van der Waals surface area contributed by atoms with Gasteiger partial charge in [-0.1, -0.05) is 12.1 Å². The first-order valence-corrected chi connectivity index (χ1v) is 12.8. The van der Waals surface area contributed by atoms with Gasteiger partial charge in [0.2, 0.25) is 0 Å². The number of carbonyl (C=O) groups is 2. The third kappa shape index (κ3) is 6.86. The first-order valence-electron chi connectivity index (χ1n) is 12.8. The van der Waals surface area contributed by atoms with Gasteiger partial charge in [-0.2, -0.15) is 5.06 Å². The Morgan fingerprint density at radius 1 is 1.08 bits per heavy atom. The number of anilines is 3. The molecule has 2 fully saturated rings. The number of ether oxygens (including phenoxy) is 1. The summed E-state index contributed by atoms with van der Waals surface area (Å²) >= 11 is 0. The lowest BCUT2D eigenvalue weighted by Crippen LogP contribution is -3.13. The first-order chi connectivity index (χ1) is 17.6. The number of likely N-dealkylation sites (tertiary alicyclic amines) is 1. The summed E-state index contributed by atoms with van der Waals surface area (Å²) in [6, 6.07) is 8.08. The predicted molar refractivity (Wildman–Crippen MR) is 140 cm³/mol. The van der Waals surface area contributed by atoms with Crippen molar-refractivity contribution < 1.29 is 24.2 Å². The Hall–Kier alpha value is -3.44. The molecule has 37 heavy (non-hydrogen) atoms. The summed E-state index contributed by atoms with van der Waals surface area (Å²) < 4.78 is 5.50. The maximum absolute atomic E-state index is 12.3. The molecule has 3 heterocycles. The van der Waals surface area contributed by atoms with E-state index in [4.69, 9.17) is 15.3 Å². The lowest BCUT2D eigenvalue weighted by atomic mass is 9.89. The molecule has 2 aliphatic heterocycles. The molecule has 0 bridgehead atoms. The van der Waals surface area contributed by atoms with Gasteiger partial charge in [-0.25, -0.2) is 19.6 Å². The predicted octanol–water partition coefficient (Wildman–Crippen LogP) is 1.70. The minimum atomic E-state index is -0.636. The highest BCUT2D eigenvalue weighted by atomic mass is 16.7. The lowest BCUT2D eigenvalue weighted by molar-refractivity contribution is -1.09. The molecule has 0 saturated carbocycles. The second-order valence-electron chi connectivity index (χ2n) is 10.5. The van der Waals surface area contributed by atoms with E-state index in [1.807, 2.05) is 32.9 Å². The quantitative estimate of drug-likeness (QED) is 0.534. The van der Waals surface area contributed by atoms with Crippen LogP contribution in [0.5, 0.6) is 0 Å². The highest BCUT2D eigenvalue weighted by molar-refractivity contribution is 5.96. The highest BCUT2D eigenvalue weighted by Gasteiger charge is 2.28. The van der Waals surface area contributed by atoms with Gasteiger partial charge >= 0.3 is 6.09 Å². The van der Waals surface area contributed by atoms with Crippen molar-refractivity contribution in [1.82, 2.24) is 14.9 Å². The molecule has 1 aromatic carbocycles. The van der Waals surface area contributed by atoms with Crippen molar-refractivity contribution in [3.63, 3.8) is 0 Å². The average molecular weight is 513 g/mol. The van der Waals surface area contributed by atoms with Gasteiger partial charge in [0.1, 0.15) is 24.5 Å². The number of hydroxylamine groups is 2. The first kappa shape index (κ1) is 26.6. The van der Waals surface area contributed by atoms with Gasteiger partial charge in [-0.15, -0.1) is 0 Å². The summed E-state index contributed by atoms with van der Waals surface area (Å²) in [4.78, 5) is 42.6. The number of piperidine rings is 1. The van der Waals surface area contributed by atoms with Crippen LogP contribution in [0.15, 0.2) is 30.5 Å². The number of carbonyl (C=O) groups excluding carboxylic acids is 2. The minimum Gasteiger partial charge on any atom is -0.444 e. The third-order valence-electron chi connectivity index (χ3n) is 6.72. The molecule has 2 amide bonds. The zero-order chi connectivity index (χ0) is 26.6. The summed E-state index contributed by atoms with van der Waals surface area (Å²) in [6.45, 7) is 10.2. The molecule has 2 saturated heterocycles. The summed E-state index contributed by atoms with van der Waals surface area (Å²) in [6.07, 6.45) is 3.10. The second-order valence-corrected chi connectivity index (χ2v) is 10.5. The van der Waals surface area contributed by atoms with Gasteiger partial charge in [0.15, 0.2) is 11.5 Å². The number of nitrogens with one attached hydrogen (secondary N) is 2. The van der Waals surface area contributed by atoms with Crippen LogP contribution in [0, 0.1) is 0 Å². The van der Waals surface area contributed by atoms with Crippen LogP contribution in [0.1, 0.15) is 55.6 Å². The molecule has 1 aromatic heterocycles. The molecule has 4 N–H and O–H groups in total. The van der Waals surface area contributed by atoms with E-state index in [2.05, 4.69) is 32.3 Å². The number of primary amides is 1. The van der Waals surface area contributed by atoms with Crippen LogP contribution in [0.2, 0.25) is 0 Å². The number of benzene rings is 1. The molecule has 0 atom stereocenters. The van der Waals surface area contributed by atoms with Gasteiger partial charge in [0.05, 0.1) is 26.4 Å². The molecule has 0 unspecified atom stereocenters. The maximum atomic E-state index is 12.3. The number of nitrogens with zero attached hydrogens (tertiary/aromatic N) is 4. The highest BCUT2D eigenvalue weighted by Crippen LogP contribution is 2.30. The molecule has 2 aliphatic rings. The fourth-order valence-electron chi connectivity index (χ4n) is 4.69. The number of rotatable bonds is 6. The van der Waals surface area contributed by atoms with Gasteiger partial charge < -0.3 is 25.6 Å². The smallest absolute Gasteiger partial charge is 0.410 e. The Labute approximate surface area is 217 Å². The van der Waals surface area contributed by atoms with Crippen LogP contribution in [0.25, 0.3) is 0 Å². The molecule has 11 heteroatoms. The number of amides is 2. The SMILES string of the molecule is CO[NH+]1CCN(c2cnc(C(N)=O)c(Nc3ccc(C4CCN(C(=O)OC(C)(C)C)CC4)cc3)n2)CC1. The Morgan fingerprint density at radius 3 is 2.30 bits per heavy atom. The summed E-state index contributed by atoms with van der Waals surface area (Å²) in [7, 11) is 1.70. The molecule has 2 aromatic rings. The molecule has 4 rings (SSSR count). The zero-order valence-electron chi connectivity index (χ0n) is 22.1. The fraction of sp³-hybridized carbons (Fsp3) is 0.538. The number of hydrogen-bond donors (Lipinski definition) is 3. The summed E-state index contributed by atoms with van der Waals surface area (Å²) in [5.41, 5.74) is 7.18. The summed E-state index contributed by atoms with van der Waals surface area (Å²) in [5, 5.41) is 4.30. The van der Waals surface area contributed by atoms with Gasteiger partial charge in [0, 0.05) is 18.8 Å². The zero-order valence-corrected chi connectivity index (χ0v) is 22.1. The van der Waals surface area contributed by atoms with Crippen molar-refractivity contribution in [2.24, 2.45) is 5.73 Å². The van der Waals surface area contributed by atoms with Crippen LogP contribution in [-0.2, 0) is 9.57 Å². The van der Waals surface area contributed by atoms with Crippen molar-refractivity contribution in [3.05, 3.63) is 41.7 Å². The Kier molecular flexibility index (Phi) is 8.13. The van der Waals surface area contributed by atoms with Gasteiger partial charge in [-0.05, 0) is 57.2 Å². The molecule has 0 radical (unpaired) electrons. The minimum absolute atomic E-state index is 0.100. The van der Waals surface area contributed by atoms with E-state index in [0.717, 1.165) is 49.8 Å². The Morgan fingerprint density at radius 2 is 1.73 bits per heavy atom. The van der Waals surface area contributed by atoms with Crippen molar-refractivity contribution in [3.8, 4) is 0 Å². The Bertz CT molecular complexity index is 1090. The molecule has 0 spiro atoms. The van der Waals surface area contributed by atoms with E-state index < -0.39 is 11.5 Å². The number of quaternary nitrogens is 1. The summed E-state index contributed by atoms with van der Waals surface area (Å²) in [5.74, 6) is 0.759. The lowest BCUT2D eigenvalue weighted by Gasteiger charge is -2.33. The van der Waals surface area contributed by atoms with Crippen LogP contribution >= 0.6 is 0 Å². The largest absolute Gasteiger partial charge is 0.444 e. The van der Waals surface area contributed by atoms with E-state index in [9.17, 15) is 9.59 Å². The third-order valence-corrected chi connectivity index (χ3v) is 6.72. The van der Waals surface area contributed by atoms with Crippen molar-refractivity contribution in [2.45, 2.75) is 45.1 Å². The molecule has 0 aliphatic carbocycles. The monoisotopic (exact) mass is 512 g/mol. The van der Waals surface area contributed by atoms with Gasteiger partial charge in [0.25, 0.3) is 5.91 Å². The normalized spacial score (nSPS) is 17.5. The number of piperazine rings is 1. The number of hydrogen-bond acceptors (Lipinski definition) is 8. The number of aromatic nitrogens is 2. The standard InChI is InChI=1S/C26H37N7O4/c1-26(2,3)37-25(35)32-11-9-19(10-12-32)18-5-7-20(8-6-18)29-24-22(23(27)34)28-17-21(30-24)31-13-15-33(36-4)16-14-31/h5-8,17,19H,9-16H2,1-4H3,(H2,27,34)(H,29,30)/p+1. The van der Waals surface area contributed by atoms with E-state index in [0.29, 0.717) is 30.6 Å².